The molecule has 0 spiro atoms. The summed E-state index contributed by atoms with van der Waals surface area (Å²) in [5.41, 5.74) is 0.497. The number of rotatable bonds is 9. The third kappa shape index (κ3) is 6.37. The van der Waals surface area contributed by atoms with E-state index >= 15 is 0 Å². The van der Waals surface area contributed by atoms with Crippen molar-refractivity contribution in [2.45, 2.75) is 25.4 Å². The van der Waals surface area contributed by atoms with Crippen LogP contribution in [0.4, 0.5) is 11.4 Å². The Morgan fingerprint density at radius 1 is 1.13 bits per heavy atom. The number of amides is 1. The van der Waals surface area contributed by atoms with Gasteiger partial charge < -0.3 is 10.1 Å². The van der Waals surface area contributed by atoms with Gasteiger partial charge in [0, 0.05) is 29.0 Å². The maximum atomic E-state index is 12.9. The summed E-state index contributed by atoms with van der Waals surface area (Å²) in [5, 5.41) is 15.4. The van der Waals surface area contributed by atoms with Crippen LogP contribution in [0.5, 0.6) is 0 Å². The van der Waals surface area contributed by atoms with Gasteiger partial charge in [-0.25, -0.2) is 0 Å². The lowest BCUT2D eigenvalue weighted by atomic mass is 10.1. The normalized spacial score (nSPS) is 11.5. The zero-order valence-corrected chi connectivity index (χ0v) is 17.9. The fraction of sp³-hybridized carbons (Fsp3) is 0.182. The van der Waals surface area contributed by atoms with E-state index in [0.29, 0.717) is 12.0 Å². The lowest BCUT2D eigenvalue weighted by Gasteiger charge is -2.18. The third-order valence-electron chi connectivity index (χ3n) is 4.40. The maximum Gasteiger partial charge on any atom is 0.306 e. The first kappa shape index (κ1) is 22.5. The van der Waals surface area contributed by atoms with Crippen LogP contribution in [-0.2, 0) is 20.7 Å². The van der Waals surface area contributed by atoms with Gasteiger partial charge in [-0.1, -0.05) is 48.0 Å². The van der Waals surface area contributed by atoms with Crippen LogP contribution >= 0.6 is 22.9 Å². The summed E-state index contributed by atoms with van der Waals surface area (Å²) in [6.45, 7) is 0. The molecule has 1 aromatic heterocycles. The SMILES string of the molecule is O=C(CCCc1cccs1)OC(C(=O)Nc1ccc([N+](=O)[O-])cc1Cl)c1ccccc1. The lowest BCUT2D eigenvalue weighted by Crippen LogP contribution is -2.26. The smallest absolute Gasteiger partial charge is 0.306 e. The number of hydrogen-bond donors (Lipinski definition) is 1. The highest BCUT2D eigenvalue weighted by Crippen LogP contribution is 2.28. The second-order valence-electron chi connectivity index (χ2n) is 6.62. The number of carbonyl (C=O) groups is 2. The van der Waals surface area contributed by atoms with E-state index in [1.54, 1.807) is 41.7 Å². The molecule has 0 aliphatic heterocycles. The highest BCUT2D eigenvalue weighted by atomic mass is 35.5. The van der Waals surface area contributed by atoms with Crippen LogP contribution in [0, 0.1) is 10.1 Å². The average molecular weight is 459 g/mol. The molecule has 0 radical (unpaired) electrons. The summed E-state index contributed by atoms with van der Waals surface area (Å²) >= 11 is 7.69. The van der Waals surface area contributed by atoms with Crippen molar-refractivity contribution in [2.24, 2.45) is 0 Å². The number of carbonyl (C=O) groups excluding carboxylic acids is 2. The van der Waals surface area contributed by atoms with Crippen LogP contribution in [0.2, 0.25) is 5.02 Å². The number of non-ortho nitro benzene ring substituents is 1. The summed E-state index contributed by atoms with van der Waals surface area (Å²) in [6.07, 6.45) is 0.360. The Bertz CT molecular complexity index is 1060. The summed E-state index contributed by atoms with van der Waals surface area (Å²) in [7, 11) is 0. The van der Waals surface area contributed by atoms with E-state index in [-0.39, 0.29) is 22.8 Å². The first-order valence-corrected chi connectivity index (χ1v) is 10.7. The van der Waals surface area contributed by atoms with E-state index in [1.165, 1.54) is 17.0 Å². The molecule has 1 atom stereocenters. The topological polar surface area (TPSA) is 98.5 Å². The number of esters is 1. The van der Waals surface area contributed by atoms with Crippen molar-refractivity contribution >= 4 is 46.2 Å². The molecular weight excluding hydrogens is 440 g/mol. The van der Waals surface area contributed by atoms with E-state index in [2.05, 4.69) is 5.32 Å². The van der Waals surface area contributed by atoms with Crippen LogP contribution < -0.4 is 5.32 Å². The number of hydrogen-bond acceptors (Lipinski definition) is 6. The van der Waals surface area contributed by atoms with Crippen LogP contribution in [0.3, 0.4) is 0 Å². The van der Waals surface area contributed by atoms with Crippen molar-refractivity contribution in [1.82, 2.24) is 0 Å². The molecule has 0 fully saturated rings. The Labute approximate surface area is 187 Å². The molecule has 0 bridgehead atoms. The average Bonchev–Trinajstić information content (AvgIpc) is 3.27. The second kappa shape index (κ2) is 10.7. The predicted octanol–water partition coefficient (Wildman–Crippen LogP) is 5.56. The number of nitro groups is 1. The molecule has 0 aliphatic carbocycles. The number of thiophene rings is 1. The van der Waals surface area contributed by atoms with Crippen LogP contribution in [0.25, 0.3) is 0 Å². The number of aryl methyl sites for hydroxylation is 1. The van der Waals surface area contributed by atoms with Gasteiger partial charge in [-0.15, -0.1) is 11.3 Å². The zero-order valence-electron chi connectivity index (χ0n) is 16.3. The largest absolute Gasteiger partial charge is 0.447 e. The molecule has 0 aliphatic rings. The Hall–Kier alpha value is -3.23. The van der Waals surface area contributed by atoms with E-state index in [4.69, 9.17) is 16.3 Å². The molecule has 1 unspecified atom stereocenters. The quantitative estimate of drug-likeness (QED) is 0.257. The molecule has 1 amide bonds. The second-order valence-corrected chi connectivity index (χ2v) is 8.06. The molecule has 0 saturated heterocycles. The molecule has 1 heterocycles. The van der Waals surface area contributed by atoms with Gasteiger partial charge in [-0.2, -0.15) is 0 Å². The van der Waals surface area contributed by atoms with E-state index < -0.39 is 22.9 Å². The zero-order chi connectivity index (χ0) is 22.2. The Balaban J connectivity index is 1.69. The number of anilines is 1. The highest BCUT2D eigenvalue weighted by Gasteiger charge is 2.26. The van der Waals surface area contributed by atoms with E-state index in [0.717, 1.165) is 12.5 Å². The van der Waals surface area contributed by atoms with Gasteiger partial charge >= 0.3 is 5.97 Å². The van der Waals surface area contributed by atoms with Crippen LogP contribution in [0.1, 0.15) is 29.4 Å². The Morgan fingerprint density at radius 3 is 2.55 bits per heavy atom. The number of benzene rings is 2. The van der Waals surface area contributed by atoms with Gasteiger partial charge in [0.15, 0.2) is 0 Å². The monoisotopic (exact) mass is 458 g/mol. The maximum absolute atomic E-state index is 12.9. The summed E-state index contributed by atoms with van der Waals surface area (Å²) in [5.74, 6) is -1.09. The molecule has 9 heteroatoms. The summed E-state index contributed by atoms with van der Waals surface area (Å²) in [4.78, 5) is 36.8. The van der Waals surface area contributed by atoms with Crippen molar-refractivity contribution in [3.05, 3.63) is 91.6 Å². The number of ether oxygens (including phenoxy) is 1. The van der Waals surface area contributed by atoms with Crippen molar-refractivity contribution in [3.63, 3.8) is 0 Å². The molecule has 31 heavy (non-hydrogen) atoms. The summed E-state index contributed by atoms with van der Waals surface area (Å²) < 4.78 is 5.49. The predicted molar refractivity (Wildman–Crippen MR) is 119 cm³/mol. The number of nitro benzene ring substituents is 1. The molecular formula is C22H19ClN2O5S. The Kier molecular flexibility index (Phi) is 7.75. The Morgan fingerprint density at radius 2 is 1.90 bits per heavy atom. The minimum atomic E-state index is -1.18. The van der Waals surface area contributed by atoms with Crippen molar-refractivity contribution < 1.29 is 19.2 Å². The first-order valence-electron chi connectivity index (χ1n) is 9.45. The fourth-order valence-electron chi connectivity index (χ4n) is 2.87. The first-order chi connectivity index (χ1) is 14.9. The molecule has 160 valence electrons. The molecule has 2 aromatic carbocycles. The van der Waals surface area contributed by atoms with Crippen LogP contribution in [-0.4, -0.2) is 16.8 Å². The van der Waals surface area contributed by atoms with Gasteiger partial charge in [0.1, 0.15) is 0 Å². The molecule has 0 saturated carbocycles. The lowest BCUT2D eigenvalue weighted by molar-refractivity contribution is -0.384. The van der Waals surface area contributed by atoms with Crippen molar-refractivity contribution in [1.29, 1.82) is 0 Å². The number of halogens is 1. The van der Waals surface area contributed by atoms with Gasteiger partial charge in [-0.05, 0) is 30.4 Å². The van der Waals surface area contributed by atoms with Crippen LogP contribution in [0.15, 0.2) is 66.0 Å². The van der Waals surface area contributed by atoms with Gasteiger partial charge in [0.05, 0.1) is 15.6 Å². The molecule has 1 N–H and O–H groups in total. The van der Waals surface area contributed by atoms with E-state index in [1.807, 2.05) is 17.5 Å². The summed E-state index contributed by atoms with van der Waals surface area (Å²) in [6, 6.07) is 16.3. The number of nitrogens with zero attached hydrogens (tertiary/aromatic N) is 1. The van der Waals surface area contributed by atoms with Gasteiger partial charge in [-0.3, -0.25) is 19.7 Å². The minimum absolute atomic E-state index is 0.0108. The molecule has 7 nitrogen and oxygen atoms in total. The van der Waals surface area contributed by atoms with Crippen molar-refractivity contribution in [2.75, 3.05) is 5.32 Å². The van der Waals surface area contributed by atoms with Gasteiger partial charge in [0.25, 0.3) is 11.6 Å². The van der Waals surface area contributed by atoms with E-state index in [9.17, 15) is 19.7 Å². The highest BCUT2D eigenvalue weighted by molar-refractivity contribution is 7.09. The fourth-order valence-corrected chi connectivity index (χ4v) is 3.84. The molecule has 3 aromatic rings. The molecule has 3 rings (SSSR count). The minimum Gasteiger partial charge on any atom is -0.447 e. The number of nitrogens with one attached hydrogen (secondary N) is 1. The third-order valence-corrected chi connectivity index (χ3v) is 5.64. The van der Waals surface area contributed by atoms with Crippen molar-refractivity contribution in [3.8, 4) is 0 Å². The standard InChI is InChI=1S/C22H19ClN2O5S/c23-18-14-16(25(28)29)11-12-19(18)24-22(27)21(15-6-2-1-3-7-15)30-20(26)10-4-8-17-9-5-13-31-17/h1-3,5-7,9,11-14,21H,4,8,10H2,(H,24,27). The van der Waals surface area contributed by atoms with Gasteiger partial charge in [0.2, 0.25) is 6.10 Å².